The van der Waals surface area contributed by atoms with Crippen molar-refractivity contribution in [3.05, 3.63) is 34.9 Å². The predicted octanol–water partition coefficient (Wildman–Crippen LogP) is 4.00. The van der Waals surface area contributed by atoms with Gasteiger partial charge in [0, 0.05) is 0 Å². The molecule has 0 heterocycles. The summed E-state index contributed by atoms with van der Waals surface area (Å²) in [6.07, 6.45) is 6.50. The van der Waals surface area contributed by atoms with Gasteiger partial charge in [-0.25, -0.2) is 0 Å². The van der Waals surface area contributed by atoms with Crippen molar-refractivity contribution in [3.8, 4) is 0 Å². The molecule has 18 heavy (non-hydrogen) atoms. The minimum Gasteiger partial charge on any atom is -0.330 e. The lowest BCUT2D eigenvalue weighted by Gasteiger charge is -2.28. The van der Waals surface area contributed by atoms with Crippen molar-refractivity contribution >= 4 is 0 Å². The molecule has 1 aromatic carbocycles. The van der Waals surface area contributed by atoms with Gasteiger partial charge in [-0.3, -0.25) is 0 Å². The Morgan fingerprint density at radius 2 is 1.89 bits per heavy atom. The average Bonchev–Trinajstić information content (AvgIpc) is 2.72. The van der Waals surface area contributed by atoms with Gasteiger partial charge in [0.15, 0.2) is 0 Å². The normalized spacial score (nSPS) is 27.7. The standard InChI is InChI=1S/C17H27N/c1-4-15-5-6-17(10-15,12-18)11-16-8-13(2)7-14(3)9-16/h7-9,15H,4-6,10-12,18H2,1-3H3. The monoisotopic (exact) mass is 245 g/mol. The molecule has 1 fully saturated rings. The van der Waals surface area contributed by atoms with Crippen LogP contribution in [0.4, 0.5) is 0 Å². The summed E-state index contributed by atoms with van der Waals surface area (Å²) in [5, 5.41) is 0. The quantitative estimate of drug-likeness (QED) is 0.852. The zero-order chi connectivity index (χ0) is 13.2. The number of benzene rings is 1. The van der Waals surface area contributed by atoms with E-state index in [2.05, 4.69) is 39.0 Å². The molecular weight excluding hydrogens is 218 g/mol. The number of rotatable bonds is 4. The second-order valence-corrected chi connectivity index (χ2v) is 6.39. The van der Waals surface area contributed by atoms with Crippen molar-refractivity contribution in [2.24, 2.45) is 17.1 Å². The van der Waals surface area contributed by atoms with Gasteiger partial charge in [-0.2, -0.15) is 0 Å². The Bertz CT molecular complexity index is 390. The van der Waals surface area contributed by atoms with E-state index in [4.69, 9.17) is 5.73 Å². The molecule has 0 saturated heterocycles. The molecule has 1 heteroatoms. The van der Waals surface area contributed by atoms with Crippen LogP contribution in [0.5, 0.6) is 0 Å². The fourth-order valence-corrected chi connectivity index (χ4v) is 3.70. The van der Waals surface area contributed by atoms with Gasteiger partial charge in [-0.1, -0.05) is 42.7 Å². The minimum absolute atomic E-state index is 0.376. The molecule has 0 radical (unpaired) electrons. The van der Waals surface area contributed by atoms with Crippen LogP contribution < -0.4 is 5.73 Å². The van der Waals surface area contributed by atoms with E-state index in [1.54, 1.807) is 0 Å². The molecule has 0 bridgehead atoms. The van der Waals surface area contributed by atoms with Gasteiger partial charge in [0.25, 0.3) is 0 Å². The smallest absolute Gasteiger partial charge is 0.00172 e. The molecule has 1 saturated carbocycles. The first-order valence-corrected chi connectivity index (χ1v) is 7.34. The number of aryl methyl sites for hydroxylation is 2. The molecule has 2 unspecified atom stereocenters. The number of hydrogen-bond acceptors (Lipinski definition) is 1. The van der Waals surface area contributed by atoms with Crippen molar-refractivity contribution in [1.29, 1.82) is 0 Å². The molecule has 2 N–H and O–H groups in total. The highest BCUT2D eigenvalue weighted by atomic mass is 14.6. The van der Waals surface area contributed by atoms with E-state index in [0.29, 0.717) is 5.41 Å². The Labute approximate surface area is 112 Å². The second-order valence-electron chi connectivity index (χ2n) is 6.39. The lowest BCUT2D eigenvalue weighted by Crippen LogP contribution is -2.30. The highest BCUT2D eigenvalue weighted by Crippen LogP contribution is 2.44. The van der Waals surface area contributed by atoms with Gasteiger partial charge in [-0.05, 0) is 63.0 Å². The molecule has 1 aliphatic carbocycles. The van der Waals surface area contributed by atoms with Crippen molar-refractivity contribution in [2.45, 2.75) is 52.9 Å². The van der Waals surface area contributed by atoms with E-state index in [1.165, 1.54) is 48.8 Å². The fourth-order valence-electron chi connectivity index (χ4n) is 3.70. The van der Waals surface area contributed by atoms with Crippen LogP contribution in [0.2, 0.25) is 0 Å². The first-order chi connectivity index (χ1) is 8.57. The van der Waals surface area contributed by atoms with E-state index in [-0.39, 0.29) is 0 Å². The van der Waals surface area contributed by atoms with Gasteiger partial charge in [0.1, 0.15) is 0 Å². The molecule has 1 aromatic rings. The Kier molecular flexibility index (Phi) is 4.11. The largest absolute Gasteiger partial charge is 0.330 e. The van der Waals surface area contributed by atoms with Gasteiger partial charge in [0.05, 0.1) is 0 Å². The van der Waals surface area contributed by atoms with Gasteiger partial charge in [-0.15, -0.1) is 0 Å². The summed E-state index contributed by atoms with van der Waals surface area (Å²) >= 11 is 0. The summed E-state index contributed by atoms with van der Waals surface area (Å²) in [6.45, 7) is 7.54. The average molecular weight is 245 g/mol. The van der Waals surface area contributed by atoms with Crippen LogP contribution in [-0.4, -0.2) is 6.54 Å². The Balaban J connectivity index is 2.15. The first kappa shape index (κ1) is 13.6. The maximum Gasteiger partial charge on any atom is -0.00172 e. The highest BCUT2D eigenvalue weighted by Gasteiger charge is 2.37. The molecule has 0 aromatic heterocycles. The third-order valence-electron chi connectivity index (χ3n) is 4.68. The van der Waals surface area contributed by atoms with E-state index >= 15 is 0 Å². The lowest BCUT2D eigenvalue weighted by atomic mass is 9.78. The topological polar surface area (TPSA) is 26.0 Å². The van der Waals surface area contributed by atoms with Gasteiger partial charge < -0.3 is 5.73 Å². The molecule has 100 valence electrons. The van der Waals surface area contributed by atoms with Crippen molar-refractivity contribution < 1.29 is 0 Å². The molecule has 0 spiro atoms. The highest BCUT2D eigenvalue weighted by molar-refractivity contribution is 5.29. The Morgan fingerprint density at radius 1 is 1.22 bits per heavy atom. The van der Waals surface area contributed by atoms with Crippen LogP contribution in [0.1, 0.15) is 49.3 Å². The first-order valence-electron chi connectivity index (χ1n) is 7.34. The molecule has 2 atom stereocenters. The molecule has 0 aliphatic heterocycles. The number of nitrogens with two attached hydrogens (primary N) is 1. The summed E-state index contributed by atoms with van der Waals surface area (Å²) in [5.41, 5.74) is 10.7. The SMILES string of the molecule is CCC1CCC(CN)(Cc2cc(C)cc(C)c2)C1. The van der Waals surface area contributed by atoms with Crippen LogP contribution in [0.3, 0.4) is 0 Å². The van der Waals surface area contributed by atoms with Crippen LogP contribution in [0.25, 0.3) is 0 Å². The molecule has 2 rings (SSSR count). The summed E-state index contributed by atoms with van der Waals surface area (Å²) in [6, 6.07) is 6.93. The van der Waals surface area contributed by atoms with E-state index < -0.39 is 0 Å². The fraction of sp³-hybridized carbons (Fsp3) is 0.647. The second kappa shape index (κ2) is 5.44. The van der Waals surface area contributed by atoms with Crippen molar-refractivity contribution in [2.75, 3.05) is 6.54 Å². The van der Waals surface area contributed by atoms with Crippen LogP contribution in [-0.2, 0) is 6.42 Å². The van der Waals surface area contributed by atoms with Crippen molar-refractivity contribution in [1.82, 2.24) is 0 Å². The van der Waals surface area contributed by atoms with Crippen LogP contribution >= 0.6 is 0 Å². The Morgan fingerprint density at radius 3 is 2.39 bits per heavy atom. The molecule has 0 amide bonds. The van der Waals surface area contributed by atoms with Crippen LogP contribution in [0.15, 0.2) is 18.2 Å². The molecule has 1 aliphatic rings. The number of hydrogen-bond donors (Lipinski definition) is 1. The lowest BCUT2D eigenvalue weighted by molar-refractivity contribution is 0.290. The third-order valence-corrected chi connectivity index (χ3v) is 4.68. The maximum atomic E-state index is 6.11. The zero-order valence-corrected chi connectivity index (χ0v) is 12.1. The van der Waals surface area contributed by atoms with Gasteiger partial charge >= 0.3 is 0 Å². The molecule has 1 nitrogen and oxygen atoms in total. The summed E-state index contributed by atoms with van der Waals surface area (Å²) < 4.78 is 0. The predicted molar refractivity (Wildman–Crippen MR) is 78.7 cm³/mol. The third kappa shape index (κ3) is 2.95. The summed E-state index contributed by atoms with van der Waals surface area (Å²) in [7, 11) is 0. The van der Waals surface area contributed by atoms with Crippen LogP contribution in [0, 0.1) is 25.2 Å². The summed E-state index contributed by atoms with van der Waals surface area (Å²) in [4.78, 5) is 0. The Hall–Kier alpha value is -0.820. The van der Waals surface area contributed by atoms with E-state index in [1.807, 2.05) is 0 Å². The maximum absolute atomic E-state index is 6.11. The minimum atomic E-state index is 0.376. The van der Waals surface area contributed by atoms with Gasteiger partial charge in [0.2, 0.25) is 0 Å². The summed E-state index contributed by atoms with van der Waals surface area (Å²) in [5.74, 6) is 0.902. The van der Waals surface area contributed by atoms with E-state index in [0.717, 1.165) is 12.5 Å². The molecular formula is C17H27N. The zero-order valence-electron chi connectivity index (χ0n) is 12.1. The van der Waals surface area contributed by atoms with Crippen molar-refractivity contribution in [3.63, 3.8) is 0 Å². The van der Waals surface area contributed by atoms with E-state index in [9.17, 15) is 0 Å².